The van der Waals surface area contributed by atoms with Crippen molar-refractivity contribution in [3.05, 3.63) is 12.2 Å². The molecule has 0 amide bonds. The monoisotopic (exact) mass is 383 g/mol. The predicted molar refractivity (Wildman–Crippen MR) is 106 cm³/mol. The van der Waals surface area contributed by atoms with E-state index in [4.69, 9.17) is 26.8 Å². The van der Waals surface area contributed by atoms with Gasteiger partial charge in [0.2, 0.25) is 0 Å². The number of rotatable bonds is 12. The summed E-state index contributed by atoms with van der Waals surface area (Å²) in [6.45, 7) is 3.68. The molecule has 2 heterocycles. The van der Waals surface area contributed by atoms with Crippen LogP contribution in [0, 0.1) is 11.8 Å². The largest absolute Gasteiger partial charge is 0.481 e. The van der Waals surface area contributed by atoms with Crippen molar-refractivity contribution in [1.82, 2.24) is 5.32 Å². The third-order valence-corrected chi connectivity index (χ3v) is 5.67. The third-order valence-electron chi connectivity index (χ3n) is 5.41. The number of allylic oxidation sites excluding steroid dienone is 2. The van der Waals surface area contributed by atoms with E-state index in [1.54, 1.807) is 0 Å². The van der Waals surface area contributed by atoms with Crippen LogP contribution < -0.4 is 5.32 Å². The van der Waals surface area contributed by atoms with Gasteiger partial charge in [-0.3, -0.25) is 4.79 Å². The molecule has 0 saturated carbocycles. The van der Waals surface area contributed by atoms with Gasteiger partial charge in [-0.2, -0.15) is 0 Å². The minimum atomic E-state index is -0.720. The highest BCUT2D eigenvalue weighted by molar-refractivity contribution is 7.80. The van der Waals surface area contributed by atoms with Crippen LogP contribution in [0.4, 0.5) is 0 Å². The van der Waals surface area contributed by atoms with Gasteiger partial charge in [0.05, 0.1) is 18.8 Å². The van der Waals surface area contributed by atoms with Crippen molar-refractivity contribution in [2.45, 2.75) is 76.9 Å². The Morgan fingerprint density at radius 3 is 2.77 bits per heavy atom. The fourth-order valence-corrected chi connectivity index (χ4v) is 4.23. The summed E-state index contributed by atoms with van der Waals surface area (Å²) in [5.74, 6) is 0.368. The molecule has 2 aliphatic rings. The van der Waals surface area contributed by atoms with E-state index in [9.17, 15) is 4.79 Å². The molecule has 4 atom stereocenters. The van der Waals surface area contributed by atoms with Gasteiger partial charge in [-0.15, -0.1) is 0 Å². The quantitative estimate of drug-likeness (QED) is 0.301. The van der Waals surface area contributed by atoms with Crippen LogP contribution in [0.1, 0.15) is 64.7 Å². The average molecular weight is 384 g/mol. The molecular weight excluding hydrogens is 350 g/mol. The lowest BCUT2D eigenvalue weighted by molar-refractivity contribution is -0.137. The molecule has 0 aromatic heterocycles. The van der Waals surface area contributed by atoms with Gasteiger partial charge in [-0.25, -0.2) is 0 Å². The molecule has 0 unspecified atom stereocenters. The highest BCUT2D eigenvalue weighted by atomic mass is 32.1. The molecule has 148 valence electrons. The van der Waals surface area contributed by atoms with Crippen molar-refractivity contribution in [2.75, 3.05) is 13.2 Å². The highest BCUT2D eigenvalue weighted by Gasteiger charge is 2.47. The minimum Gasteiger partial charge on any atom is -0.481 e. The molecule has 0 aliphatic carbocycles. The maximum atomic E-state index is 10.5. The van der Waals surface area contributed by atoms with Gasteiger partial charge >= 0.3 is 5.97 Å². The first-order valence-electron chi connectivity index (χ1n) is 10.0. The van der Waals surface area contributed by atoms with E-state index < -0.39 is 5.97 Å². The molecule has 2 fully saturated rings. The van der Waals surface area contributed by atoms with Crippen LogP contribution in [0.25, 0.3) is 0 Å². The zero-order valence-corrected chi connectivity index (χ0v) is 16.6. The normalized spacial score (nSPS) is 27.1. The van der Waals surface area contributed by atoms with Crippen LogP contribution >= 0.6 is 12.2 Å². The van der Waals surface area contributed by atoms with E-state index in [0.29, 0.717) is 42.2 Å². The first kappa shape index (κ1) is 21.2. The second kappa shape index (κ2) is 11.5. The number of aliphatic carboxylic acids is 1. The summed E-state index contributed by atoms with van der Waals surface area (Å²) in [5.41, 5.74) is 0. The smallest absolute Gasteiger partial charge is 0.303 e. The van der Waals surface area contributed by atoms with Gasteiger partial charge in [0.1, 0.15) is 0 Å². The molecule has 0 aromatic rings. The molecule has 2 N–H and O–H groups in total. The van der Waals surface area contributed by atoms with E-state index >= 15 is 0 Å². The lowest BCUT2D eigenvalue weighted by atomic mass is 9.76. The zero-order valence-electron chi connectivity index (χ0n) is 15.8. The average Bonchev–Trinajstić information content (AvgIpc) is 3.20. The van der Waals surface area contributed by atoms with E-state index in [1.165, 1.54) is 0 Å². The number of carbonyl (C=O) groups is 1. The Bertz CT molecular complexity index is 482. The summed E-state index contributed by atoms with van der Waals surface area (Å²) in [6.07, 6.45) is 13.4. The topological polar surface area (TPSA) is 67.8 Å². The Hall–Kier alpha value is -1.14. The summed E-state index contributed by atoms with van der Waals surface area (Å²) in [6, 6.07) is 0. The Morgan fingerprint density at radius 2 is 2.04 bits per heavy atom. The first-order chi connectivity index (χ1) is 12.6. The standard InChI is InChI=1S/C20H33NO4S/c1-2-3-13-21-20(26)24-14-12-16-15(17-10-11-18(16)25-17)8-6-4-5-7-9-19(22)23/h4,6,15-18H,2-3,5,7-14H2,1H3,(H,21,26)(H,22,23)/t15-,16+,17-,18+/m1/s1. The van der Waals surface area contributed by atoms with Gasteiger partial charge in [0.15, 0.2) is 0 Å². The zero-order chi connectivity index (χ0) is 18.8. The van der Waals surface area contributed by atoms with E-state index in [2.05, 4.69) is 24.4 Å². The van der Waals surface area contributed by atoms with Gasteiger partial charge in [0, 0.05) is 13.0 Å². The Morgan fingerprint density at radius 1 is 1.27 bits per heavy atom. The maximum absolute atomic E-state index is 10.5. The summed E-state index contributed by atoms with van der Waals surface area (Å²) in [4.78, 5) is 10.5. The number of carboxylic acid groups (broad SMARTS) is 1. The number of carboxylic acids is 1. The first-order valence-corrected chi connectivity index (χ1v) is 10.5. The summed E-state index contributed by atoms with van der Waals surface area (Å²) < 4.78 is 11.8. The van der Waals surface area contributed by atoms with E-state index in [0.717, 1.165) is 51.5 Å². The van der Waals surface area contributed by atoms with Crippen molar-refractivity contribution in [3.8, 4) is 0 Å². The number of fused-ring (bicyclic) bond motifs is 2. The van der Waals surface area contributed by atoms with E-state index in [1.807, 2.05) is 0 Å². The second-order valence-electron chi connectivity index (χ2n) is 7.32. The van der Waals surface area contributed by atoms with Crippen molar-refractivity contribution >= 4 is 23.4 Å². The number of nitrogens with one attached hydrogen (secondary N) is 1. The maximum Gasteiger partial charge on any atom is 0.303 e. The molecular formula is C20H33NO4S. The van der Waals surface area contributed by atoms with Crippen LogP contribution in [-0.4, -0.2) is 41.6 Å². The predicted octanol–water partition coefficient (Wildman–Crippen LogP) is 4.06. The van der Waals surface area contributed by atoms with Crippen LogP contribution in [0.15, 0.2) is 12.2 Å². The van der Waals surface area contributed by atoms with Crippen molar-refractivity contribution in [2.24, 2.45) is 11.8 Å². The highest BCUT2D eigenvalue weighted by Crippen LogP contribution is 2.46. The Kier molecular flexibility index (Phi) is 9.40. The summed E-state index contributed by atoms with van der Waals surface area (Å²) >= 11 is 5.21. The van der Waals surface area contributed by atoms with Gasteiger partial charge in [0.25, 0.3) is 5.17 Å². The molecule has 6 heteroatoms. The molecule has 2 aliphatic heterocycles. The van der Waals surface area contributed by atoms with Crippen LogP contribution in [0.5, 0.6) is 0 Å². The summed E-state index contributed by atoms with van der Waals surface area (Å²) in [5, 5.41) is 12.3. The third kappa shape index (κ3) is 6.88. The summed E-state index contributed by atoms with van der Waals surface area (Å²) in [7, 11) is 0. The van der Waals surface area contributed by atoms with Crippen LogP contribution in [-0.2, 0) is 14.3 Å². The second-order valence-corrected chi connectivity index (χ2v) is 7.69. The van der Waals surface area contributed by atoms with Crippen molar-refractivity contribution < 1.29 is 19.4 Å². The number of thiocarbonyl (C=S) groups is 1. The number of hydrogen-bond acceptors (Lipinski definition) is 4. The lowest BCUT2D eigenvalue weighted by Gasteiger charge is -2.27. The van der Waals surface area contributed by atoms with Crippen LogP contribution in [0.2, 0.25) is 0 Å². The Balaban J connectivity index is 1.68. The molecule has 0 aromatic carbocycles. The van der Waals surface area contributed by atoms with Gasteiger partial charge in [-0.05, 0) is 69.0 Å². The minimum absolute atomic E-state index is 0.244. The molecule has 26 heavy (non-hydrogen) atoms. The number of unbranched alkanes of at least 4 members (excludes halogenated alkanes) is 2. The Labute approximate surface area is 162 Å². The number of ether oxygens (including phenoxy) is 2. The molecule has 2 bridgehead atoms. The molecule has 0 spiro atoms. The van der Waals surface area contributed by atoms with Crippen molar-refractivity contribution in [1.29, 1.82) is 0 Å². The molecule has 2 saturated heterocycles. The SMILES string of the molecule is CCCCNC(=S)OCC[C@H]1[C@@H](CC=CCCCC(=O)O)[C@H]2CC[C@@H]1O2. The lowest BCUT2D eigenvalue weighted by Crippen LogP contribution is -2.30. The van der Waals surface area contributed by atoms with Gasteiger partial charge in [-0.1, -0.05) is 25.5 Å². The molecule has 5 nitrogen and oxygen atoms in total. The fourth-order valence-electron chi connectivity index (χ4n) is 4.05. The fraction of sp³-hybridized carbons (Fsp3) is 0.800. The molecule has 0 radical (unpaired) electrons. The molecule has 2 rings (SSSR count). The van der Waals surface area contributed by atoms with Gasteiger partial charge < -0.3 is 19.9 Å². The van der Waals surface area contributed by atoms with Crippen LogP contribution in [0.3, 0.4) is 0 Å². The van der Waals surface area contributed by atoms with Crippen molar-refractivity contribution in [3.63, 3.8) is 0 Å². The van der Waals surface area contributed by atoms with E-state index in [-0.39, 0.29) is 6.42 Å². The number of hydrogen-bond donors (Lipinski definition) is 2.